The Hall–Kier alpha value is -2.77. The van der Waals surface area contributed by atoms with Crippen molar-refractivity contribution in [3.8, 4) is 11.4 Å². The fourth-order valence-electron chi connectivity index (χ4n) is 1.98. The first kappa shape index (κ1) is 17.1. The van der Waals surface area contributed by atoms with Crippen LogP contribution in [-0.4, -0.2) is 32.3 Å². The van der Waals surface area contributed by atoms with Crippen LogP contribution in [0, 0.1) is 0 Å². The summed E-state index contributed by atoms with van der Waals surface area (Å²) >= 11 is 12.0. The summed E-state index contributed by atoms with van der Waals surface area (Å²) in [6, 6.07) is 14.4. The molecule has 1 N–H and O–H groups in total. The lowest BCUT2D eigenvalue weighted by Crippen LogP contribution is -2.24. The highest BCUT2D eigenvalue weighted by molar-refractivity contribution is 6.38. The molecule has 126 valence electrons. The number of halogens is 2. The van der Waals surface area contributed by atoms with E-state index < -0.39 is 5.91 Å². The molecule has 25 heavy (non-hydrogen) atoms. The van der Waals surface area contributed by atoms with Gasteiger partial charge in [-0.3, -0.25) is 4.79 Å². The molecule has 2 aromatic carbocycles. The lowest BCUT2D eigenvalue weighted by atomic mass is 10.2. The van der Waals surface area contributed by atoms with Gasteiger partial charge in [0.15, 0.2) is 0 Å². The minimum Gasteiger partial charge on any atom is -0.271 e. The molecule has 0 atom stereocenters. The topological polar surface area (TPSA) is 85.1 Å². The van der Waals surface area contributed by atoms with E-state index in [0.29, 0.717) is 21.4 Å². The molecule has 7 nitrogen and oxygen atoms in total. The molecular weight excluding hydrogens is 363 g/mol. The highest BCUT2D eigenvalue weighted by Gasteiger charge is 2.08. The van der Waals surface area contributed by atoms with Gasteiger partial charge in [-0.25, -0.2) is 5.43 Å². The molecule has 0 saturated heterocycles. The second-order valence-electron chi connectivity index (χ2n) is 4.94. The highest BCUT2D eigenvalue weighted by Crippen LogP contribution is 2.21. The number of aromatic nitrogens is 4. The van der Waals surface area contributed by atoms with Crippen LogP contribution >= 0.6 is 23.2 Å². The largest absolute Gasteiger partial charge is 0.271 e. The quantitative estimate of drug-likeness (QED) is 0.549. The Labute approximate surface area is 153 Å². The number of nitrogens with one attached hydrogen (secondary N) is 1. The number of benzene rings is 2. The van der Waals surface area contributed by atoms with Gasteiger partial charge in [-0.1, -0.05) is 59.6 Å². The number of tetrazole rings is 1. The molecular formula is C16H12Cl2N6O. The van der Waals surface area contributed by atoms with Gasteiger partial charge in [0.05, 0.1) is 16.3 Å². The van der Waals surface area contributed by atoms with Crippen LogP contribution in [0.2, 0.25) is 10.0 Å². The third-order valence-corrected chi connectivity index (χ3v) is 3.81. The van der Waals surface area contributed by atoms with E-state index in [2.05, 4.69) is 25.9 Å². The van der Waals surface area contributed by atoms with E-state index in [1.54, 1.807) is 18.2 Å². The van der Waals surface area contributed by atoms with Crippen molar-refractivity contribution < 1.29 is 4.79 Å². The van der Waals surface area contributed by atoms with Gasteiger partial charge in [0.1, 0.15) is 6.54 Å². The summed E-state index contributed by atoms with van der Waals surface area (Å²) in [5.41, 5.74) is 3.71. The molecule has 0 aliphatic heterocycles. The molecule has 0 saturated carbocycles. The van der Waals surface area contributed by atoms with Gasteiger partial charge in [-0.2, -0.15) is 9.90 Å². The van der Waals surface area contributed by atoms with Crippen molar-refractivity contribution in [1.82, 2.24) is 25.6 Å². The van der Waals surface area contributed by atoms with Crippen LogP contribution in [0.15, 0.2) is 53.6 Å². The summed E-state index contributed by atoms with van der Waals surface area (Å²) in [5.74, 6) is 0.0381. The molecule has 0 aliphatic carbocycles. The minimum atomic E-state index is -0.406. The fourth-order valence-corrected chi connectivity index (χ4v) is 2.47. The van der Waals surface area contributed by atoms with E-state index in [4.69, 9.17) is 23.2 Å². The van der Waals surface area contributed by atoms with E-state index in [-0.39, 0.29) is 6.54 Å². The Morgan fingerprint density at radius 2 is 1.84 bits per heavy atom. The number of rotatable bonds is 5. The molecule has 0 bridgehead atoms. The van der Waals surface area contributed by atoms with Gasteiger partial charge >= 0.3 is 0 Å². The van der Waals surface area contributed by atoms with E-state index in [1.165, 1.54) is 11.0 Å². The van der Waals surface area contributed by atoms with Crippen LogP contribution in [0.4, 0.5) is 0 Å². The smallest absolute Gasteiger partial charge is 0.263 e. The van der Waals surface area contributed by atoms with Gasteiger partial charge in [0.2, 0.25) is 5.82 Å². The maximum atomic E-state index is 11.9. The van der Waals surface area contributed by atoms with Crippen molar-refractivity contribution in [1.29, 1.82) is 0 Å². The predicted molar refractivity (Wildman–Crippen MR) is 95.5 cm³/mol. The van der Waals surface area contributed by atoms with E-state index in [9.17, 15) is 4.79 Å². The van der Waals surface area contributed by atoms with Crippen LogP contribution in [-0.2, 0) is 11.3 Å². The van der Waals surface area contributed by atoms with Crippen molar-refractivity contribution in [2.45, 2.75) is 6.54 Å². The summed E-state index contributed by atoms with van der Waals surface area (Å²) in [5, 5.41) is 16.6. The summed E-state index contributed by atoms with van der Waals surface area (Å²) in [6.07, 6.45) is 1.38. The molecule has 3 rings (SSSR count). The zero-order valence-electron chi connectivity index (χ0n) is 12.8. The predicted octanol–water partition coefficient (Wildman–Crippen LogP) is 2.80. The molecule has 3 aromatic rings. The maximum Gasteiger partial charge on any atom is 0.263 e. The van der Waals surface area contributed by atoms with E-state index >= 15 is 0 Å². The Morgan fingerprint density at radius 3 is 2.56 bits per heavy atom. The monoisotopic (exact) mass is 374 g/mol. The van der Waals surface area contributed by atoms with E-state index in [1.807, 2.05) is 30.3 Å². The van der Waals surface area contributed by atoms with Gasteiger partial charge in [-0.05, 0) is 17.3 Å². The Balaban J connectivity index is 1.60. The first-order valence-electron chi connectivity index (χ1n) is 7.22. The van der Waals surface area contributed by atoms with Crippen molar-refractivity contribution in [3.63, 3.8) is 0 Å². The molecule has 1 aromatic heterocycles. The summed E-state index contributed by atoms with van der Waals surface area (Å²) in [6.45, 7) is -0.118. The average molecular weight is 375 g/mol. The van der Waals surface area contributed by atoms with E-state index in [0.717, 1.165) is 5.56 Å². The standard InChI is InChI=1S/C16H12Cl2N6O/c17-13-7-4-8-14(18)12(13)9-19-20-15(25)10-24-22-16(21-23-24)11-5-2-1-3-6-11/h1-9H,10H2,(H,20,25)/b19-9-. The number of carbonyl (C=O) groups is 1. The molecule has 0 radical (unpaired) electrons. The average Bonchev–Trinajstić information content (AvgIpc) is 3.07. The fraction of sp³-hybridized carbons (Fsp3) is 0.0625. The zero-order valence-corrected chi connectivity index (χ0v) is 14.3. The number of hydrogen-bond acceptors (Lipinski definition) is 5. The molecule has 1 heterocycles. The molecule has 0 unspecified atom stereocenters. The van der Waals surface area contributed by atoms with Crippen molar-refractivity contribution >= 4 is 35.3 Å². The van der Waals surface area contributed by atoms with Crippen LogP contribution in [0.1, 0.15) is 5.56 Å². The van der Waals surface area contributed by atoms with Crippen molar-refractivity contribution in [3.05, 3.63) is 64.1 Å². The second-order valence-corrected chi connectivity index (χ2v) is 5.75. The molecule has 0 spiro atoms. The zero-order chi connectivity index (χ0) is 17.6. The van der Waals surface area contributed by atoms with Gasteiger partial charge in [-0.15, -0.1) is 10.2 Å². The van der Waals surface area contributed by atoms with Gasteiger partial charge in [0.25, 0.3) is 5.91 Å². The normalized spacial score (nSPS) is 11.0. The molecule has 9 heteroatoms. The van der Waals surface area contributed by atoms with Crippen molar-refractivity contribution in [2.75, 3.05) is 0 Å². The summed E-state index contributed by atoms with van der Waals surface area (Å²) in [7, 11) is 0. The third-order valence-electron chi connectivity index (χ3n) is 3.15. The number of nitrogens with zero attached hydrogens (tertiary/aromatic N) is 5. The summed E-state index contributed by atoms with van der Waals surface area (Å²) in [4.78, 5) is 13.1. The summed E-state index contributed by atoms with van der Waals surface area (Å²) < 4.78 is 0. The van der Waals surface area contributed by atoms with Gasteiger partial charge in [0, 0.05) is 11.1 Å². The van der Waals surface area contributed by atoms with Crippen molar-refractivity contribution in [2.24, 2.45) is 5.10 Å². The van der Waals surface area contributed by atoms with Gasteiger partial charge < -0.3 is 0 Å². The maximum absolute atomic E-state index is 11.9. The van der Waals surface area contributed by atoms with Crippen LogP contribution in [0.25, 0.3) is 11.4 Å². The minimum absolute atomic E-state index is 0.118. The second kappa shape index (κ2) is 7.87. The molecule has 0 fully saturated rings. The third kappa shape index (κ3) is 4.40. The molecule has 0 aliphatic rings. The number of carbonyl (C=O) groups excluding carboxylic acids is 1. The molecule has 1 amide bonds. The Bertz CT molecular complexity index is 890. The number of amides is 1. The first-order chi connectivity index (χ1) is 12.1. The lowest BCUT2D eigenvalue weighted by molar-refractivity contribution is -0.122. The van der Waals surface area contributed by atoms with Crippen LogP contribution in [0.3, 0.4) is 0 Å². The number of hydrazone groups is 1. The lowest BCUT2D eigenvalue weighted by Gasteiger charge is -2.01. The Kier molecular flexibility index (Phi) is 5.37. The highest BCUT2D eigenvalue weighted by atomic mass is 35.5. The van der Waals surface area contributed by atoms with Crippen LogP contribution in [0.5, 0.6) is 0 Å². The van der Waals surface area contributed by atoms with Crippen LogP contribution < -0.4 is 5.43 Å². The SMILES string of the molecule is O=C(Cn1nnc(-c2ccccc2)n1)N/N=C\c1c(Cl)cccc1Cl. The first-order valence-corrected chi connectivity index (χ1v) is 7.98. The Morgan fingerprint density at radius 1 is 1.12 bits per heavy atom. The number of hydrogen-bond donors (Lipinski definition) is 1.